The molecule has 0 aliphatic heterocycles. The molecule has 0 amide bonds. The highest BCUT2D eigenvalue weighted by molar-refractivity contribution is 5.36. The Kier molecular flexibility index (Phi) is 5.00. The molecule has 1 aromatic heterocycles. The van der Waals surface area contributed by atoms with Crippen molar-refractivity contribution in [3.05, 3.63) is 12.4 Å². The van der Waals surface area contributed by atoms with Crippen LogP contribution < -0.4 is 10.1 Å². The third kappa shape index (κ3) is 4.37. The first-order valence-electron chi connectivity index (χ1n) is 7.40. The molecule has 1 fully saturated rings. The number of anilines is 1. The van der Waals surface area contributed by atoms with Crippen LogP contribution in [0.25, 0.3) is 0 Å². The van der Waals surface area contributed by atoms with Gasteiger partial charge in [0.05, 0.1) is 0 Å². The summed E-state index contributed by atoms with van der Waals surface area (Å²) in [5.74, 6) is 3.03. The SMILES string of the molecule is CCCNc1cc(OC2CC(C)CC(C)C2)ncn1. The van der Waals surface area contributed by atoms with E-state index in [0.717, 1.165) is 43.5 Å². The maximum atomic E-state index is 6.03. The lowest BCUT2D eigenvalue weighted by molar-refractivity contribution is 0.0966. The van der Waals surface area contributed by atoms with Crippen molar-refractivity contribution in [1.82, 2.24) is 9.97 Å². The van der Waals surface area contributed by atoms with E-state index in [-0.39, 0.29) is 0 Å². The van der Waals surface area contributed by atoms with Crippen LogP contribution in [0.2, 0.25) is 0 Å². The molecule has 106 valence electrons. The molecule has 0 spiro atoms. The number of hydrogen-bond acceptors (Lipinski definition) is 4. The summed E-state index contributed by atoms with van der Waals surface area (Å²) >= 11 is 0. The highest BCUT2D eigenvalue weighted by atomic mass is 16.5. The third-order valence-corrected chi connectivity index (χ3v) is 3.62. The molecule has 0 bridgehead atoms. The van der Waals surface area contributed by atoms with Gasteiger partial charge in [-0.3, -0.25) is 0 Å². The number of hydrogen-bond donors (Lipinski definition) is 1. The Hall–Kier alpha value is -1.32. The minimum Gasteiger partial charge on any atom is -0.474 e. The Balaban J connectivity index is 1.94. The Labute approximate surface area is 116 Å². The van der Waals surface area contributed by atoms with Gasteiger partial charge in [0.1, 0.15) is 18.2 Å². The van der Waals surface area contributed by atoms with Crippen molar-refractivity contribution in [2.24, 2.45) is 11.8 Å². The van der Waals surface area contributed by atoms with Crippen LogP contribution in [0.3, 0.4) is 0 Å². The lowest BCUT2D eigenvalue weighted by Crippen LogP contribution is -2.28. The predicted octanol–water partition coefficient (Wildman–Crippen LogP) is 3.50. The predicted molar refractivity (Wildman–Crippen MR) is 77.4 cm³/mol. The van der Waals surface area contributed by atoms with Crippen LogP contribution >= 0.6 is 0 Å². The Morgan fingerprint density at radius 2 is 1.95 bits per heavy atom. The topological polar surface area (TPSA) is 47.0 Å². The number of aromatic nitrogens is 2. The molecule has 1 aliphatic carbocycles. The Morgan fingerprint density at radius 1 is 1.21 bits per heavy atom. The molecule has 4 heteroatoms. The molecule has 1 saturated carbocycles. The van der Waals surface area contributed by atoms with E-state index in [2.05, 4.69) is 36.1 Å². The van der Waals surface area contributed by atoms with Gasteiger partial charge >= 0.3 is 0 Å². The lowest BCUT2D eigenvalue weighted by atomic mass is 9.82. The minimum absolute atomic E-state index is 0.299. The minimum atomic E-state index is 0.299. The van der Waals surface area contributed by atoms with Crippen molar-refractivity contribution in [3.8, 4) is 5.88 Å². The van der Waals surface area contributed by atoms with E-state index in [4.69, 9.17) is 4.74 Å². The second-order valence-corrected chi connectivity index (χ2v) is 5.83. The molecule has 1 aliphatic rings. The maximum absolute atomic E-state index is 6.03. The van der Waals surface area contributed by atoms with Gasteiger partial charge in [0, 0.05) is 12.6 Å². The van der Waals surface area contributed by atoms with Gasteiger partial charge < -0.3 is 10.1 Å². The van der Waals surface area contributed by atoms with E-state index in [9.17, 15) is 0 Å². The average molecular weight is 263 g/mol. The number of nitrogens with one attached hydrogen (secondary N) is 1. The van der Waals surface area contributed by atoms with Gasteiger partial charge in [-0.15, -0.1) is 0 Å². The van der Waals surface area contributed by atoms with Crippen molar-refractivity contribution in [2.75, 3.05) is 11.9 Å². The smallest absolute Gasteiger partial charge is 0.218 e. The summed E-state index contributed by atoms with van der Waals surface area (Å²) in [6.07, 6.45) is 6.53. The number of ether oxygens (including phenoxy) is 1. The van der Waals surface area contributed by atoms with Crippen LogP contribution in [0.5, 0.6) is 5.88 Å². The van der Waals surface area contributed by atoms with Crippen LogP contribution in [-0.2, 0) is 0 Å². The Morgan fingerprint density at radius 3 is 2.63 bits per heavy atom. The highest BCUT2D eigenvalue weighted by Crippen LogP contribution is 2.31. The Bertz CT molecular complexity index is 387. The van der Waals surface area contributed by atoms with E-state index in [0.29, 0.717) is 12.0 Å². The van der Waals surface area contributed by atoms with Crippen molar-refractivity contribution in [1.29, 1.82) is 0 Å². The van der Waals surface area contributed by atoms with Gasteiger partial charge in [0.25, 0.3) is 0 Å². The van der Waals surface area contributed by atoms with Crippen LogP contribution in [0.4, 0.5) is 5.82 Å². The summed E-state index contributed by atoms with van der Waals surface area (Å²) < 4.78 is 6.03. The molecule has 0 aromatic carbocycles. The van der Waals surface area contributed by atoms with Crippen LogP contribution in [0.15, 0.2) is 12.4 Å². The molecule has 2 rings (SSSR count). The summed E-state index contributed by atoms with van der Waals surface area (Å²) in [6.45, 7) is 7.67. The summed E-state index contributed by atoms with van der Waals surface area (Å²) in [5, 5.41) is 3.26. The van der Waals surface area contributed by atoms with Crippen molar-refractivity contribution < 1.29 is 4.74 Å². The van der Waals surface area contributed by atoms with Gasteiger partial charge in [0.15, 0.2) is 0 Å². The molecule has 1 aromatic rings. The molecule has 1 N–H and O–H groups in total. The van der Waals surface area contributed by atoms with Gasteiger partial charge in [-0.25, -0.2) is 9.97 Å². The van der Waals surface area contributed by atoms with Crippen LogP contribution in [-0.4, -0.2) is 22.6 Å². The molecule has 2 atom stereocenters. The van der Waals surface area contributed by atoms with E-state index >= 15 is 0 Å². The first-order chi connectivity index (χ1) is 9.17. The maximum Gasteiger partial charge on any atom is 0.218 e. The van der Waals surface area contributed by atoms with Crippen molar-refractivity contribution in [2.45, 2.75) is 52.6 Å². The zero-order chi connectivity index (χ0) is 13.7. The van der Waals surface area contributed by atoms with Crippen molar-refractivity contribution >= 4 is 5.82 Å². The summed E-state index contributed by atoms with van der Waals surface area (Å²) in [5.41, 5.74) is 0. The fourth-order valence-electron chi connectivity index (χ4n) is 2.89. The van der Waals surface area contributed by atoms with Crippen molar-refractivity contribution in [3.63, 3.8) is 0 Å². The van der Waals surface area contributed by atoms with E-state index < -0.39 is 0 Å². The monoisotopic (exact) mass is 263 g/mol. The van der Waals surface area contributed by atoms with E-state index in [1.807, 2.05) is 6.07 Å². The number of nitrogens with zero attached hydrogens (tertiary/aromatic N) is 2. The van der Waals surface area contributed by atoms with E-state index in [1.54, 1.807) is 6.33 Å². The fourth-order valence-corrected chi connectivity index (χ4v) is 2.89. The molecule has 4 nitrogen and oxygen atoms in total. The van der Waals surface area contributed by atoms with Gasteiger partial charge in [-0.2, -0.15) is 0 Å². The molecule has 0 radical (unpaired) electrons. The average Bonchev–Trinajstić information content (AvgIpc) is 2.35. The summed E-state index contributed by atoms with van der Waals surface area (Å²) in [7, 11) is 0. The fraction of sp³-hybridized carbons (Fsp3) is 0.733. The second-order valence-electron chi connectivity index (χ2n) is 5.83. The normalized spacial score (nSPS) is 27.0. The molecule has 1 heterocycles. The molecule has 2 unspecified atom stereocenters. The zero-order valence-corrected chi connectivity index (χ0v) is 12.2. The third-order valence-electron chi connectivity index (χ3n) is 3.62. The molecule has 19 heavy (non-hydrogen) atoms. The van der Waals surface area contributed by atoms with E-state index in [1.165, 1.54) is 6.42 Å². The zero-order valence-electron chi connectivity index (χ0n) is 12.2. The van der Waals surface area contributed by atoms with Crippen LogP contribution in [0.1, 0.15) is 46.5 Å². The first kappa shape index (κ1) is 14.1. The largest absolute Gasteiger partial charge is 0.474 e. The molecule has 0 saturated heterocycles. The first-order valence-corrected chi connectivity index (χ1v) is 7.40. The van der Waals surface area contributed by atoms with Gasteiger partial charge in [-0.1, -0.05) is 20.8 Å². The highest BCUT2D eigenvalue weighted by Gasteiger charge is 2.25. The summed E-state index contributed by atoms with van der Waals surface area (Å²) in [6, 6.07) is 1.90. The standard InChI is InChI=1S/C15H25N3O/c1-4-5-16-14-9-15(18-10-17-14)19-13-7-11(2)6-12(3)8-13/h9-13H,4-8H2,1-3H3,(H,16,17,18). The summed E-state index contributed by atoms with van der Waals surface area (Å²) in [4.78, 5) is 8.42. The lowest BCUT2D eigenvalue weighted by Gasteiger charge is -2.31. The quantitative estimate of drug-likeness (QED) is 0.883. The molecular weight excluding hydrogens is 238 g/mol. The number of rotatable bonds is 5. The van der Waals surface area contributed by atoms with Crippen LogP contribution in [0, 0.1) is 11.8 Å². The van der Waals surface area contributed by atoms with Gasteiger partial charge in [-0.05, 0) is 37.5 Å². The second kappa shape index (κ2) is 6.73. The molecular formula is C15H25N3O. The van der Waals surface area contributed by atoms with Gasteiger partial charge in [0.2, 0.25) is 5.88 Å².